The minimum Gasteiger partial charge on any atom is -0.358 e. The molecule has 0 saturated heterocycles. The summed E-state index contributed by atoms with van der Waals surface area (Å²) in [6.45, 7) is 1.92. The molecule has 0 bridgehead atoms. The van der Waals surface area contributed by atoms with Gasteiger partial charge in [0.25, 0.3) is 0 Å². The number of nitro groups is 1. The monoisotopic (exact) mass is 374 g/mol. The maximum Gasteiger partial charge on any atom is 0.248 e. The maximum atomic E-state index is 13.6. The van der Waals surface area contributed by atoms with Crippen molar-refractivity contribution in [2.24, 2.45) is 0 Å². The van der Waals surface area contributed by atoms with Crippen molar-refractivity contribution in [3.63, 3.8) is 0 Å². The smallest absolute Gasteiger partial charge is 0.248 e. The van der Waals surface area contributed by atoms with E-state index in [2.05, 4.69) is 4.98 Å². The SMILES string of the molecule is Cc1[nH]c2ccccc2c1[C@H](c1ccc(F)cc1)C(c1ccccc1)[N+](=O)[O-]. The molecule has 0 aliphatic carbocycles. The van der Waals surface area contributed by atoms with Crippen molar-refractivity contribution in [1.82, 2.24) is 4.98 Å². The first-order chi connectivity index (χ1) is 13.6. The third-order valence-electron chi connectivity index (χ3n) is 5.17. The van der Waals surface area contributed by atoms with Crippen molar-refractivity contribution in [2.45, 2.75) is 18.9 Å². The molecule has 1 unspecified atom stereocenters. The summed E-state index contributed by atoms with van der Waals surface area (Å²) in [6, 6.07) is 21.7. The van der Waals surface area contributed by atoms with E-state index in [0.29, 0.717) is 11.1 Å². The predicted molar refractivity (Wildman–Crippen MR) is 107 cm³/mol. The van der Waals surface area contributed by atoms with Gasteiger partial charge in [0.1, 0.15) is 5.82 Å². The van der Waals surface area contributed by atoms with Crippen molar-refractivity contribution in [3.05, 3.63) is 117 Å². The molecule has 0 saturated carbocycles. The Bertz CT molecular complexity index is 1120. The van der Waals surface area contributed by atoms with Gasteiger partial charge in [-0.3, -0.25) is 10.1 Å². The van der Waals surface area contributed by atoms with Crippen molar-refractivity contribution in [1.29, 1.82) is 0 Å². The number of hydrogen-bond acceptors (Lipinski definition) is 2. The molecule has 28 heavy (non-hydrogen) atoms. The Labute approximate surface area is 161 Å². The highest BCUT2D eigenvalue weighted by Gasteiger charge is 2.38. The Morgan fingerprint density at radius 2 is 1.54 bits per heavy atom. The molecular weight excluding hydrogens is 355 g/mol. The number of H-pyrrole nitrogens is 1. The third kappa shape index (κ3) is 3.16. The average molecular weight is 374 g/mol. The van der Waals surface area contributed by atoms with Gasteiger partial charge in [-0.2, -0.15) is 0 Å². The number of nitrogens with zero attached hydrogens (tertiary/aromatic N) is 1. The summed E-state index contributed by atoms with van der Waals surface area (Å²) in [6.07, 6.45) is 0. The Balaban J connectivity index is 2.00. The second kappa shape index (κ2) is 7.27. The lowest BCUT2D eigenvalue weighted by atomic mass is 9.81. The number of halogens is 1. The fourth-order valence-electron chi connectivity index (χ4n) is 3.96. The summed E-state index contributed by atoms with van der Waals surface area (Å²) < 4.78 is 13.6. The van der Waals surface area contributed by atoms with Crippen LogP contribution in [-0.2, 0) is 0 Å². The third-order valence-corrected chi connectivity index (χ3v) is 5.17. The summed E-state index contributed by atoms with van der Waals surface area (Å²) in [4.78, 5) is 15.3. The first-order valence-corrected chi connectivity index (χ1v) is 9.07. The van der Waals surface area contributed by atoms with Gasteiger partial charge in [-0.1, -0.05) is 60.7 Å². The largest absolute Gasteiger partial charge is 0.358 e. The van der Waals surface area contributed by atoms with E-state index in [9.17, 15) is 14.5 Å². The van der Waals surface area contributed by atoms with E-state index in [4.69, 9.17) is 0 Å². The van der Waals surface area contributed by atoms with E-state index in [1.807, 2.05) is 37.3 Å². The first-order valence-electron chi connectivity index (χ1n) is 9.07. The van der Waals surface area contributed by atoms with Gasteiger partial charge in [0.05, 0.1) is 5.92 Å². The number of hydrogen-bond donors (Lipinski definition) is 1. The van der Waals surface area contributed by atoms with E-state index in [1.54, 1.807) is 36.4 Å². The lowest BCUT2D eigenvalue weighted by Gasteiger charge is -2.23. The number of aromatic amines is 1. The molecule has 0 radical (unpaired) electrons. The van der Waals surface area contributed by atoms with E-state index >= 15 is 0 Å². The minimum absolute atomic E-state index is 0.245. The van der Waals surface area contributed by atoms with Crippen LogP contribution in [0.2, 0.25) is 0 Å². The molecular formula is C23H19FN2O2. The van der Waals surface area contributed by atoms with Crippen LogP contribution < -0.4 is 0 Å². The fourth-order valence-corrected chi connectivity index (χ4v) is 3.96. The van der Waals surface area contributed by atoms with E-state index in [-0.39, 0.29) is 10.7 Å². The highest BCUT2D eigenvalue weighted by Crippen LogP contribution is 2.43. The Morgan fingerprint density at radius 3 is 2.21 bits per heavy atom. The van der Waals surface area contributed by atoms with Gasteiger partial charge in [0, 0.05) is 27.1 Å². The maximum absolute atomic E-state index is 13.6. The van der Waals surface area contributed by atoms with Crippen LogP contribution >= 0.6 is 0 Å². The molecule has 5 heteroatoms. The molecule has 1 N–H and O–H groups in total. The number of benzene rings is 3. The number of aromatic nitrogens is 1. The van der Waals surface area contributed by atoms with Crippen LogP contribution in [0.4, 0.5) is 4.39 Å². The minimum atomic E-state index is -0.996. The summed E-state index contributed by atoms with van der Waals surface area (Å²) in [5, 5.41) is 13.2. The van der Waals surface area contributed by atoms with Gasteiger partial charge in [0.2, 0.25) is 6.04 Å². The van der Waals surface area contributed by atoms with Gasteiger partial charge < -0.3 is 4.98 Å². The summed E-state index contributed by atoms with van der Waals surface area (Å²) in [5.74, 6) is -0.926. The van der Waals surface area contributed by atoms with Crippen LogP contribution in [0.5, 0.6) is 0 Å². The number of nitrogens with one attached hydrogen (secondary N) is 1. The van der Waals surface area contributed by atoms with Gasteiger partial charge in [0.15, 0.2) is 0 Å². The lowest BCUT2D eigenvalue weighted by molar-refractivity contribution is -0.531. The molecule has 0 spiro atoms. The molecule has 4 nitrogen and oxygen atoms in total. The molecule has 1 aromatic heterocycles. The van der Waals surface area contributed by atoms with Crippen molar-refractivity contribution in [2.75, 3.05) is 0 Å². The predicted octanol–water partition coefficient (Wildman–Crippen LogP) is 5.77. The molecule has 2 atom stereocenters. The van der Waals surface area contributed by atoms with Crippen LogP contribution in [0.1, 0.15) is 34.3 Å². The Kier molecular flexibility index (Phi) is 4.65. The molecule has 0 aliphatic rings. The zero-order valence-corrected chi connectivity index (χ0v) is 15.3. The summed E-state index contributed by atoms with van der Waals surface area (Å²) in [7, 11) is 0. The standard InChI is InChI=1S/C23H19FN2O2/c1-15-21(19-9-5-6-10-20(19)25-15)22(16-11-13-18(24)14-12-16)23(26(27)28)17-7-3-2-4-8-17/h2-14,22-23,25H,1H3/t22-,23?/m0/s1. The molecule has 4 rings (SSSR count). The molecule has 140 valence electrons. The second-order valence-electron chi connectivity index (χ2n) is 6.88. The number of aryl methyl sites for hydroxylation is 1. The fraction of sp³-hybridized carbons (Fsp3) is 0.130. The Hall–Kier alpha value is -3.47. The molecule has 0 amide bonds. The van der Waals surface area contributed by atoms with E-state index in [0.717, 1.165) is 22.2 Å². The average Bonchev–Trinajstić information content (AvgIpc) is 3.03. The zero-order chi connectivity index (χ0) is 19.7. The highest BCUT2D eigenvalue weighted by atomic mass is 19.1. The molecule has 0 aliphatic heterocycles. The second-order valence-corrected chi connectivity index (χ2v) is 6.88. The van der Waals surface area contributed by atoms with E-state index < -0.39 is 12.0 Å². The molecule has 0 fully saturated rings. The van der Waals surface area contributed by atoms with Crippen molar-refractivity contribution in [3.8, 4) is 0 Å². The number of rotatable bonds is 5. The van der Waals surface area contributed by atoms with Gasteiger partial charge in [-0.05, 0) is 36.2 Å². The van der Waals surface area contributed by atoms with Gasteiger partial charge in [-0.25, -0.2) is 4.39 Å². The van der Waals surface area contributed by atoms with Gasteiger partial charge in [-0.15, -0.1) is 0 Å². The van der Waals surface area contributed by atoms with Crippen LogP contribution in [0.15, 0.2) is 78.9 Å². The Morgan fingerprint density at radius 1 is 0.893 bits per heavy atom. The normalized spacial score (nSPS) is 13.4. The van der Waals surface area contributed by atoms with Crippen LogP contribution in [-0.4, -0.2) is 9.91 Å². The van der Waals surface area contributed by atoms with E-state index in [1.165, 1.54) is 12.1 Å². The zero-order valence-electron chi connectivity index (χ0n) is 15.3. The quantitative estimate of drug-likeness (QED) is 0.356. The highest BCUT2D eigenvalue weighted by molar-refractivity contribution is 5.85. The summed E-state index contributed by atoms with van der Waals surface area (Å²) in [5.41, 5.74) is 4.00. The molecule has 3 aromatic carbocycles. The van der Waals surface area contributed by atoms with Crippen LogP contribution in [0, 0.1) is 22.9 Å². The lowest BCUT2D eigenvalue weighted by Crippen LogP contribution is -2.21. The number of fused-ring (bicyclic) bond motifs is 1. The topological polar surface area (TPSA) is 58.9 Å². The summed E-state index contributed by atoms with van der Waals surface area (Å²) >= 11 is 0. The van der Waals surface area contributed by atoms with Crippen molar-refractivity contribution >= 4 is 10.9 Å². The van der Waals surface area contributed by atoms with Gasteiger partial charge >= 0.3 is 0 Å². The molecule has 1 heterocycles. The molecule has 4 aromatic rings. The van der Waals surface area contributed by atoms with Crippen LogP contribution in [0.3, 0.4) is 0 Å². The number of para-hydroxylation sites is 1. The van der Waals surface area contributed by atoms with Crippen LogP contribution in [0.25, 0.3) is 10.9 Å². The first kappa shape index (κ1) is 17.9. The van der Waals surface area contributed by atoms with Crippen molar-refractivity contribution < 1.29 is 9.31 Å².